The fourth-order valence-corrected chi connectivity index (χ4v) is 1.17. The van der Waals surface area contributed by atoms with E-state index in [-0.39, 0.29) is 6.01 Å². The Bertz CT molecular complexity index is 404. The lowest BCUT2D eigenvalue weighted by molar-refractivity contribution is 0.518. The molecule has 0 saturated heterocycles. The van der Waals surface area contributed by atoms with Crippen LogP contribution in [-0.2, 0) is 13.5 Å². The van der Waals surface area contributed by atoms with E-state index in [9.17, 15) is 0 Å². The second-order valence-electron chi connectivity index (χ2n) is 2.82. The lowest BCUT2D eigenvalue weighted by atomic mass is 10.3. The van der Waals surface area contributed by atoms with Gasteiger partial charge in [0.2, 0.25) is 5.89 Å². The monoisotopic (exact) mass is 178 g/mol. The van der Waals surface area contributed by atoms with Crippen molar-refractivity contribution in [2.24, 2.45) is 7.05 Å². The number of hydrogen-bond donors (Lipinski definition) is 1. The Hall–Kier alpha value is -1.78. The van der Waals surface area contributed by atoms with Gasteiger partial charge in [-0.25, -0.2) is 0 Å². The van der Waals surface area contributed by atoms with Gasteiger partial charge in [-0.15, -0.1) is 5.10 Å². The van der Waals surface area contributed by atoms with Gasteiger partial charge in [-0.05, 0) is 12.1 Å². The molecule has 0 unspecified atom stereocenters. The Balaban J connectivity index is 2.19. The van der Waals surface area contributed by atoms with Crippen LogP contribution < -0.4 is 5.73 Å². The van der Waals surface area contributed by atoms with Gasteiger partial charge >= 0.3 is 6.01 Å². The van der Waals surface area contributed by atoms with Gasteiger partial charge in [-0.1, -0.05) is 5.10 Å². The van der Waals surface area contributed by atoms with Crippen molar-refractivity contribution >= 4 is 6.01 Å². The highest BCUT2D eigenvalue weighted by Crippen LogP contribution is 2.08. The number of anilines is 1. The Kier molecular flexibility index (Phi) is 1.77. The van der Waals surface area contributed by atoms with Crippen LogP contribution in [0.15, 0.2) is 22.7 Å². The maximum absolute atomic E-state index is 5.30. The second kappa shape index (κ2) is 2.93. The van der Waals surface area contributed by atoms with Crippen molar-refractivity contribution in [3.63, 3.8) is 0 Å². The minimum Gasteiger partial charge on any atom is -0.408 e. The Labute approximate surface area is 75.2 Å². The van der Waals surface area contributed by atoms with E-state index >= 15 is 0 Å². The Morgan fingerprint density at radius 3 is 2.92 bits per heavy atom. The van der Waals surface area contributed by atoms with E-state index in [0.717, 1.165) is 5.69 Å². The molecule has 0 aliphatic rings. The molecule has 0 bridgehead atoms. The van der Waals surface area contributed by atoms with Gasteiger partial charge in [0.15, 0.2) is 0 Å². The third-order valence-corrected chi connectivity index (χ3v) is 1.87. The predicted octanol–water partition coefficient (Wildman–Crippen LogP) is 0.581. The fraction of sp³-hybridized carbons (Fsp3) is 0.250. The van der Waals surface area contributed by atoms with E-state index in [1.54, 1.807) is 0 Å². The van der Waals surface area contributed by atoms with Gasteiger partial charge in [-0.2, -0.15) is 0 Å². The zero-order chi connectivity index (χ0) is 9.26. The third kappa shape index (κ3) is 1.53. The summed E-state index contributed by atoms with van der Waals surface area (Å²) in [7, 11) is 1.97. The summed E-state index contributed by atoms with van der Waals surface area (Å²) in [6, 6.07) is 4.08. The van der Waals surface area contributed by atoms with E-state index in [2.05, 4.69) is 10.2 Å². The van der Waals surface area contributed by atoms with Crippen LogP contribution in [0.5, 0.6) is 0 Å². The van der Waals surface area contributed by atoms with Crippen LogP contribution in [0.1, 0.15) is 11.6 Å². The molecular formula is C8H10N4O. The Morgan fingerprint density at radius 1 is 1.54 bits per heavy atom. The molecule has 0 atom stereocenters. The summed E-state index contributed by atoms with van der Waals surface area (Å²) in [6.07, 6.45) is 2.59. The van der Waals surface area contributed by atoms with Crippen molar-refractivity contribution in [1.82, 2.24) is 14.8 Å². The number of nitrogens with two attached hydrogens (primary N) is 1. The number of aryl methyl sites for hydroxylation is 1. The van der Waals surface area contributed by atoms with Crippen molar-refractivity contribution in [3.05, 3.63) is 29.9 Å². The van der Waals surface area contributed by atoms with E-state index in [0.29, 0.717) is 12.3 Å². The van der Waals surface area contributed by atoms with E-state index in [1.165, 1.54) is 0 Å². The summed E-state index contributed by atoms with van der Waals surface area (Å²) < 4.78 is 7.05. The molecule has 5 heteroatoms. The van der Waals surface area contributed by atoms with Crippen LogP contribution in [0.2, 0.25) is 0 Å². The largest absolute Gasteiger partial charge is 0.408 e. The number of nitrogens with zero attached hydrogens (tertiary/aromatic N) is 3. The summed E-state index contributed by atoms with van der Waals surface area (Å²) >= 11 is 0. The molecule has 0 aliphatic carbocycles. The quantitative estimate of drug-likeness (QED) is 0.730. The van der Waals surface area contributed by atoms with E-state index in [1.807, 2.05) is 29.9 Å². The van der Waals surface area contributed by atoms with Crippen molar-refractivity contribution in [2.45, 2.75) is 6.42 Å². The van der Waals surface area contributed by atoms with Crippen molar-refractivity contribution in [3.8, 4) is 0 Å². The first-order valence-electron chi connectivity index (χ1n) is 3.94. The third-order valence-electron chi connectivity index (χ3n) is 1.87. The molecular weight excluding hydrogens is 168 g/mol. The van der Waals surface area contributed by atoms with Crippen LogP contribution in [0.3, 0.4) is 0 Å². The van der Waals surface area contributed by atoms with Crippen LogP contribution >= 0.6 is 0 Å². The number of aromatic nitrogens is 3. The van der Waals surface area contributed by atoms with Crippen LogP contribution in [0.25, 0.3) is 0 Å². The fourth-order valence-electron chi connectivity index (χ4n) is 1.17. The maximum Gasteiger partial charge on any atom is 0.312 e. The van der Waals surface area contributed by atoms with E-state index in [4.69, 9.17) is 10.2 Å². The molecule has 0 saturated carbocycles. The molecule has 68 valence electrons. The highest BCUT2D eigenvalue weighted by atomic mass is 16.4. The molecule has 0 fully saturated rings. The average molecular weight is 178 g/mol. The number of rotatable bonds is 2. The Morgan fingerprint density at radius 2 is 2.38 bits per heavy atom. The molecule has 5 nitrogen and oxygen atoms in total. The first-order valence-corrected chi connectivity index (χ1v) is 3.94. The van der Waals surface area contributed by atoms with Crippen LogP contribution in [0.4, 0.5) is 6.01 Å². The summed E-state index contributed by atoms with van der Waals surface area (Å²) in [4.78, 5) is 0. The molecule has 0 aromatic carbocycles. The predicted molar refractivity (Wildman–Crippen MR) is 46.9 cm³/mol. The molecule has 2 N–H and O–H groups in total. The van der Waals surface area contributed by atoms with Gasteiger partial charge in [0.05, 0.1) is 6.42 Å². The summed E-state index contributed by atoms with van der Waals surface area (Å²) in [5, 5.41) is 7.36. The molecule has 0 radical (unpaired) electrons. The highest BCUT2D eigenvalue weighted by Gasteiger charge is 2.05. The van der Waals surface area contributed by atoms with Gasteiger partial charge in [-0.3, -0.25) is 0 Å². The second-order valence-corrected chi connectivity index (χ2v) is 2.82. The normalized spacial score (nSPS) is 10.5. The summed E-state index contributed by atoms with van der Waals surface area (Å²) in [5.41, 5.74) is 6.41. The molecule has 2 aromatic heterocycles. The molecule has 0 aliphatic heterocycles. The van der Waals surface area contributed by atoms with Crippen LogP contribution in [0, 0.1) is 0 Å². The number of nitrogen functional groups attached to an aromatic ring is 1. The summed E-state index contributed by atoms with van der Waals surface area (Å²) in [5.74, 6) is 0.541. The minimum absolute atomic E-state index is 0.115. The molecule has 13 heavy (non-hydrogen) atoms. The standard InChI is InChI=1S/C8H10N4O/c1-12-4-2-3-6(12)5-7-10-11-8(9)13-7/h2-4H,5H2,1H3,(H2,9,11). The van der Waals surface area contributed by atoms with Crippen molar-refractivity contribution < 1.29 is 4.42 Å². The maximum atomic E-state index is 5.30. The van der Waals surface area contributed by atoms with Crippen molar-refractivity contribution in [2.75, 3.05) is 5.73 Å². The average Bonchev–Trinajstić information content (AvgIpc) is 2.64. The first kappa shape index (κ1) is 7.85. The van der Waals surface area contributed by atoms with Gasteiger partial charge in [0, 0.05) is 18.9 Å². The number of hydrogen-bond acceptors (Lipinski definition) is 4. The first-order chi connectivity index (χ1) is 6.25. The van der Waals surface area contributed by atoms with Crippen LogP contribution in [-0.4, -0.2) is 14.8 Å². The summed E-state index contributed by atoms with van der Waals surface area (Å²) in [6.45, 7) is 0. The van der Waals surface area contributed by atoms with Gasteiger partial charge < -0.3 is 14.7 Å². The van der Waals surface area contributed by atoms with Gasteiger partial charge in [0.1, 0.15) is 0 Å². The topological polar surface area (TPSA) is 69.9 Å². The lowest BCUT2D eigenvalue weighted by Crippen LogP contribution is -1.96. The van der Waals surface area contributed by atoms with Crippen molar-refractivity contribution in [1.29, 1.82) is 0 Å². The van der Waals surface area contributed by atoms with Gasteiger partial charge in [0.25, 0.3) is 0 Å². The molecule has 2 rings (SSSR count). The molecule has 0 amide bonds. The van der Waals surface area contributed by atoms with E-state index < -0.39 is 0 Å². The molecule has 0 spiro atoms. The molecule has 2 aromatic rings. The zero-order valence-electron chi connectivity index (χ0n) is 7.27. The zero-order valence-corrected chi connectivity index (χ0v) is 7.27. The highest BCUT2D eigenvalue weighted by molar-refractivity contribution is 5.13. The lowest BCUT2D eigenvalue weighted by Gasteiger charge is -1.97. The smallest absolute Gasteiger partial charge is 0.312 e. The minimum atomic E-state index is 0.115. The molecule has 2 heterocycles. The SMILES string of the molecule is Cn1cccc1Cc1nnc(N)o1.